The molecule has 1 fully saturated rings. The number of rotatable bonds is 3. The van der Waals surface area contributed by atoms with Gasteiger partial charge < -0.3 is 5.73 Å². The van der Waals surface area contributed by atoms with Crippen LogP contribution in [0.3, 0.4) is 0 Å². The zero-order valence-electron chi connectivity index (χ0n) is 12.1. The van der Waals surface area contributed by atoms with Gasteiger partial charge in [-0.3, -0.25) is 9.58 Å². The Balaban J connectivity index is 1.66. The topological polar surface area (TPSA) is 47.1 Å². The first-order chi connectivity index (χ1) is 9.61. The molecule has 2 unspecified atom stereocenters. The molecule has 20 heavy (non-hydrogen) atoms. The fraction of sp³-hybridized carbons (Fsp3) is 0.533. The highest BCUT2D eigenvalue weighted by Gasteiger charge is 2.23. The highest BCUT2D eigenvalue weighted by atomic mass is 32.1. The molecule has 0 amide bonds. The van der Waals surface area contributed by atoms with Crippen LogP contribution >= 0.6 is 11.3 Å². The van der Waals surface area contributed by atoms with Crippen molar-refractivity contribution in [3.05, 3.63) is 29.4 Å². The first-order valence-electron chi connectivity index (χ1n) is 7.17. The number of piperidine rings is 1. The number of nitrogens with two attached hydrogens (primary N) is 1. The van der Waals surface area contributed by atoms with Crippen LogP contribution in [0.4, 0.5) is 0 Å². The maximum atomic E-state index is 6.08. The Hall–Kier alpha value is -1.17. The average molecular weight is 290 g/mol. The van der Waals surface area contributed by atoms with Crippen molar-refractivity contribution in [3.8, 4) is 10.4 Å². The second-order valence-electron chi connectivity index (χ2n) is 5.83. The van der Waals surface area contributed by atoms with Gasteiger partial charge in [-0.2, -0.15) is 5.10 Å². The molecule has 1 aliphatic rings. The molecular weight excluding hydrogens is 268 g/mol. The van der Waals surface area contributed by atoms with Gasteiger partial charge in [-0.25, -0.2) is 0 Å². The normalized spacial score (nSPS) is 24.1. The molecule has 3 heterocycles. The predicted octanol–water partition coefficient (Wildman–Crippen LogP) is 2.32. The van der Waals surface area contributed by atoms with E-state index in [9.17, 15) is 0 Å². The minimum Gasteiger partial charge on any atom is -0.327 e. The molecule has 1 saturated heterocycles. The number of aryl methyl sites for hydroxylation is 1. The van der Waals surface area contributed by atoms with Gasteiger partial charge in [0.1, 0.15) is 0 Å². The molecule has 108 valence electrons. The first-order valence-corrected chi connectivity index (χ1v) is 7.99. The van der Waals surface area contributed by atoms with Crippen LogP contribution in [0, 0.1) is 5.92 Å². The Bertz CT molecular complexity index is 574. The van der Waals surface area contributed by atoms with E-state index in [1.165, 1.54) is 15.3 Å². The molecular formula is C15H22N4S. The number of hydrogen-bond donors (Lipinski definition) is 1. The van der Waals surface area contributed by atoms with E-state index in [0.29, 0.717) is 12.0 Å². The van der Waals surface area contributed by atoms with Crippen molar-refractivity contribution in [1.82, 2.24) is 14.7 Å². The lowest BCUT2D eigenvalue weighted by atomic mass is 9.95. The molecule has 0 aliphatic carbocycles. The van der Waals surface area contributed by atoms with Crippen molar-refractivity contribution < 1.29 is 0 Å². The van der Waals surface area contributed by atoms with E-state index in [-0.39, 0.29) is 0 Å². The van der Waals surface area contributed by atoms with Crippen LogP contribution in [0.5, 0.6) is 0 Å². The third-order valence-electron chi connectivity index (χ3n) is 4.09. The Labute approximate surface area is 124 Å². The van der Waals surface area contributed by atoms with Crippen LogP contribution in [-0.4, -0.2) is 33.8 Å². The highest BCUT2D eigenvalue weighted by molar-refractivity contribution is 7.15. The molecule has 2 aromatic rings. The summed E-state index contributed by atoms with van der Waals surface area (Å²) in [5.41, 5.74) is 7.29. The molecule has 0 spiro atoms. The van der Waals surface area contributed by atoms with Crippen molar-refractivity contribution in [3.63, 3.8) is 0 Å². The quantitative estimate of drug-likeness (QED) is 0.943. The number of hydrogen-bond acceptors (Lipinski definition) is 4. The van der Waals surface area contributed by atoms with Crippen molar-refractivity contribution in [2.45, 2.75) is 25.9 Å². The van der Waals surface area contributed by atoms with Gasteiger partial charge in [-0.1, -0.05) is 6.92 Å². The molecule has 2 N–H and O–H groups in total. The molecule has 3 rings (SSSR count). The van der Waals surface area contributed by atoms with Crippen LogP contribution in [0.25, 0.3) is 10.4 Å². The summed E-state index contributed by atoms with van der Waals surface area (Å²) in [4.78, 5) is 5.24. The van der Waals surface area contributed by atoms with Crippen molar-refractivity contribution >= 4 is 11.3 Å². The number of likely N-dealkylation sites (tertiary alicyclic amines) is 1. The molecule has 0 aromatic carbocycles. The SMILES string of the molecule is CC1CN(Cc2ccc(-c3cnn(C)c3)s2)CCC1N. The summed E-state index contributed by atoms with van der Waals surface area (Å²) >= 11 is 1.87. The van der Waals surface area contributed by atoms with Gasteiger partial charge in [0, 0.05) is 54.2 Å². The van der Waals surface area contributed by atoms with E-state index in [1.807, 2.05) is 29.3 Å². The minimum absolute atomic E-state index is 0.375. The molecule has 2 aromatic heterocycles. The summed E-state index contributed by atoms with van der Waals surface area (Å²) < 4.78 is 1.85. The summed E-state index contributed by atoms with van der Waals surface area (Å²) in [7, 11) is 1.95. The Morgan fingerprint density at radius 2 is 2.30 bits per heavy atom. The molecule has 0 bridgehead atoms. The largest absolute Gasteiger partial charge is 0.327 e. The first kappa shape index (κ1) is 13.8. The third-order valence-corrected chi connectivity index (χ3v) is 5.21. The van der Waals surface area contributed by atoms with E-state index < -0.39 is 0 Å². The standard InChI is InChI=1S/C15H22N4S/c1-11-8-19(6-5-14(11)16)10-13-3-4-15(20-13)12-7-17-18(2)9-12/h3-4,7,9,11,14H,5-6,8,10,16H2,1-2H3. The van der Waals surface area contributed by atoms with Gasteiger partial charge in [-0.05, 0) is 24.5 Å². The minimum atomic E-state index is 0.375. The molecule has 5 heteroatoms. The van der Waals surface area contributed by atoms with Gasteiger partial charge in [0.05, 0.1) is 6.20 Å². The fourth-order valence-corrected chi connectivity index (χ4v) is 3.81. The average Bonchev–Trinajstić information content (AvgIpc) is 3.03. The van der Waals surface area contributed by atoms with Gasteiger partial charge >= 0.3 is 0 Å². The lowest BCUT2D eigenvalue weighted by molar-refractivity contribution is 0.159. The molecule has 2 atom stereocenters. The van der Waals surface area contributed by atoms with Gasteiger partial charge in [-0.15, -0.1) is 11.3 Å². The molecule has 4 nitrogen and oxygen atoms in total. The Kier molecular flexibility index (Phi) is 3.92. The zero-order chi connectivity index (χ0) is 14.1. The van der Waals surface area contributed by atoms with Crippen molar-refractivity contribution in [2.24, 2.45) is 18.7 Å². The second kappa shape index (κ2) is 5.68. The molecule has 0 radical (unpaired) electrons. The predicted molar refractivity (Wildman–Crippen MR) is 83.6 cm³/mol. The molecule has 1 aliphatic heterocycles. The summed E-state index contributed by atoms with van der Waals surface area (Å²) in [6.07, 6.45) is 5.11. The van der Waals surface area contributed by atoms with E-state index in [0.717, 1.165) is 26.1 Å². The van der Waals surface area contributed by atoms with Crippen molar-refractivity contribution in [2.75, 3.05) is 13.1 Å². The van der Waals surface area contributed by atoms with Crippen molar-refractivity contribution in [1.29, 1.82) is 0 Å². The number of aromatic nitrogens is 2. The summed E-state index contributed by atoms with van der Waals surface area (Å²) in [5, 5.41) is 4.24. The summed E-state index contributed by atoms with van der Waals surface area (Å²) in [6.45, 7) is 5.53. The third kappa shape index (κ3) is 2.95. The zero-order valence-corrected chi connectivity index (χ0v) is 12.9. The van der Waals surface area contributed by atoms with Crippen LogP contribution in [0.2, 0.25) is 0 Å². The van der Waals surface area contributed by atoms with Crippen LogP contribution < -0.4 is 5.73 Å². The van der Waals surface area contributed by atoms with E-state index in [2.05, 4.69) is 35.3 Å². The van der Waals surface area contributed by atoms with E-state index in [1.54, 1.807) is 0 Å². The summed E-state index contributed by atoms with van der Waals surface area (Å²) in [6, 6.07) is 4.82. The van der Waals surface area contributed by atoms with Crippen LogP contribution in [0.15, 0.2) is 24.5 Å². The maximum Gasteiger partial charge on any atom is 0.0576 e. The second-order valence-corrected chi connectivity index (χ2v) is 7.00. The molecule has 0 saturated carbocycles. The van der Waals surface area contributed by atoms with Gasteiger partial charge in [0.15, 0.2) is 0 Å². The monoisotopic (exact) mass is 290 g/mol. The fourth-order valence-electron chi connectivity index (χ4n) is 2.78. The number of thiophene rings is 1. The Morgan fingerprint density at radius 3 is 3.00 bits per heavy atom. The lowest BCUT2D eigenvalue weighted by Crippen LogP contribution is -2.45. The maximum absolute atomic E-state index is 6.08. The highest BCUT2D eigenvalue weighted by Crippen LogP contribution is 2.29. The van der Waals surface area contributed by atoms with Crippen LogP contribution in [-0.2, 0) is 13.6 Å². The lowest BCUT2D eigenvalue weighted by Gasteiger charge is -2.34. The van der Waals surface area contributed by atoms with Crippen LogP contribution in [0.1, 0.15) is 18.2 Å². The Morgan fingerprint density at radius 1 is 1.45 bits per heavy atom. The van der Waals surface area contributed by atoms with E-state index in [4.69, 9.17) is 5.73 Å². The number of nitrogens with zero attached hydrogens (tertiary/aromatic N) is 3. The van der Waals surface area contributed by atoms with Gasteiger partial charge in [0.25, 0.3) is 0 Å². The van der Waals surface area contributed by atoms with Gasteiger partial charge in [0.2, 0.25) is 0 Å². The van der Waals surface area contributed by atoms with E-state index >= 15 is 0 Å². The summed E-state index contributed by atoms with van der Waals surface area (Å²) in [5.74, 6) is 0.599. The smallest absolute Gasteiger partial charge is 0.0576 e.